The van der Waals surface area contributed by atoms with Crippen molar-refractivity contribution in [3.05, 3.63) is 22.4 Å². The second-order valence-corrected chi connectivity index (χ2v) is 7.51. The Balaban J connectivity index is 0.00000144. The normalized spacial score (nSPS) is 29.9. The molecule has 0 bridgehead atoms. The van der Waals surface area contributed by atoms with E-state index in [-0.39, 0.29) is 24.4 Å². The summed E-state index contributed by atoms with van der Waals surface area (Å²) >= 11 is 1.72. The van der Waals surface area contributed by atoms with Gasteiger partial charge in [0.2, 0.25) is 5.91 Å². The summed E-state index contributed by atoms with van der Waals surface area (Å²) in [6.07, 6.45) is 3.52. The molecule has 1 saturated carbocycles. The van der Waals surface area contributed by atoms with Crippen LogP contribution in [-0.4, -0.2) is 43.6 Å². The third kappa shape index (κ3) is 2.92. The van der Waals surface area contributed by atoms with E-state index in [0.717, 1.165) is 32.6 Å². The number of hydrogen-bond acceptors (Lipinski definition) is 4. The molecular formula is C16H23ClN2O2S. The first-order valence-electron chi connectivity index (χ1n) is 7.93. The first-order valence-corrected chi connectivity index (χ1v) is 8.81. The van der Waals surface area contributed by atoms with Gasteiger partial charge < -0.3 is 15.0 Å². The number of amides is 1. The summed E-state index contributed by atoms with van der Waals surface area (Å²) in [6, 6.07) is 4.16. The van der Waals surface area contributed by atoms with E-state index in [0.29, 0.717) is 17.9 Å². The molecule has 0 radical (unpaired) electrons. The molecule has 4 nitrogen and oxygen atoms in total. The van der Waals surface area contributed by atoms with Gasteiger partial charge in [-0.3, -0.25) is 4.79 Å². The van der Waals surface area contributed by atoms with Gasteiger partial charge in [0, 0.05) is 17.3 Å². The van der Waals surface area contributed by atoms with E-state index in [9.17, 15) is 4.79 Å². The maximum atomic E-state index is 12.8. The third-order valence-corrected chi connectivity index (χ3v) is 6.29. The molecule has 1 aromatic heterocycles. The molecule has 4 rings (SSSR count). The number of halogens is 1. The molecule has 3 fully saturated rings. The van der Waals surface area contributed by atoms with Gasteiger partial charge in [-0.15, -0.1) is 23.7 Å². The molecular weight excluding hydrogens is 320 g/mol. The average molecular weight is 343 g/mol. The Labute approximate surface area is 141 Å². The Kier molecular flexibility index (Phi) is 4.78. The molecule has 0 aromatic carbocycles. The molecule has 1 N–H and O–H groups in total. The predicted octanol–water partition coefficient (Wildman–Crippen LogP) is 2.46. The monoisotopic (exact) mass is 342 g/mol. The topological polar surface area (TPSA) is 41.6 Å². The summed E-state index contributed by atoms with van der Waals surface area (Å²) in [5.74, 6) is 0.656. The highest BCUT2D eigenvalue weighted by molar-refractivity contribution is 7.10. The van der Waals surface area contributed by atoms with Crippen molar-refractivity contribution in [3.63, 3.8) is 0 Å². The Morgan fingerprint density at radius 3 is 2.95 bits per heavy atom. The van der Waals surface area contributed by atoms with Gasteiger partial charge in [-0.25, -0.2) is 0 Å². The summed E-state index contributed by atoms with van der Waals surface area (Å²) in [5.41, 5.74) is 0.332. The number of nitrogens with one attached hydrogen (secondary N) is 1. The Morgan fingerprint density at radius 2 is 2.23 bits per heavy atom. The van der Waals surface area contributed by atoms with Crippen LogP contribution in [0.25, 0.3) is 0 Å². The minimum atomic E-state index is 0. The smallest absolute Gasteiger partial charge is 0.226 e. The van der Waals surface area contributed by atoms with Crippen LogP contribution < -0.4 is 5.32 Å². The molecule has 2 aliphatic heterocycles. The summed E-state index contributed by atoms with van der Waals surface area (Å²) in [6.45, 7) is 4.29. The minimum Gasteiger partial charge on any atom is -0.369 e. The average Bonchev–Trinajstić information content (AvgIpc) is 2.99. The molecule has 1 aromatic rings. The number of carbonyl (C=O) groups excluding carboxylic acids is 1. The number of carbonyl (C=O) groups is 1. The van der Waals surface area contributed by atoms with Gasteiger partial charge in [-0.1, -0.05) is 6.07 Å². The second-order valence-electron chi connectivity index (χ2n) is 6.53. The Hall–Kier alpha value is -0.620. The molecule has 2 atom stereocenters. The Morgan fingerprint density at radius 1 is 1.41 bits per heavy atom. The number of nitrogens with zero attached hydrogens (tertiary/aromatic N) is 1. The second kappa shape index (κ2) is 6.48. The molecule has 3 heterocycles. The highest BCUT2D eigenvalue weighted by Gasteiger charge is 2.58. The number of morpholine rings is 1. The molecule has 1 aliphatic carbocycles. The van der Waals surface area contributed by atoms with Crippen LogP contribution in [0.4, 0.5) is 0 Å². The summed E-state index contributed by atoms with van der Waals surface area (Å²) < 4.78 is 5.85. The lowest BCUT2D eigenvalue weighted by Crippen LogP contribution is -2.44. The number of ether oxygens (including phenoxy) is 1. The lowest BCUT2D eigenvalue weighted by Gasteiger charge is -2.33. The van der Waals surface area contributed by atoms with Crippen LogP contribution in [0, 0.1) is 11.3 Å². The van der Waals surface area contributed by atoms with Crippen LogP contribution in [0.15, 0.2) is 17.5 Å². The molecule has 122 valence electrons. The van der Waals surface area contributed by atoms with E-state index in [2.05, 4.69) is 27.7 Å². The summed E-state index contributed by atoms with van der Waals surface area (Å²) in [5, 5.41) is 5.48. The predicted molar refractivity (Wildman–Crippen MR) is 89.5 cm³/mol. The van der Waals surface area contributed by atoms with Gasteiger partial charge in [-0.05, 0) is 49.2 Å². The van der Waals surface area contributed by atoms with Crippen LogP contribution in [-0.2, 0) is 9.53 Å². The maximum absolute atomic E-state index is 12.8. The highest BCUT2D eigenvalue weighted by atomic mass is 35.5. The summed E-state index contributed by atoms with van der Waals surface area (Å²) in [4.78, 5) is 16.1. The minimum absolute atomic E-state index is 0. The third-order valence-electron chi connectivity index (χ3n) is 5.33. The van der Waals surface area contributed by atoms with Gasteiger partial charge >= 0.3 is 0 Å². The van der Waals surface area contributed by atoms with Crippen LogP contribution in [0.1, 0.15) is 30.2 Å². The number of piperidine rings is 1. The van der Waals surface area contributed by atoms with Gasteiger partial charge in [0.1, 0.15) is 6.10 Å². The first-order chi connectivity index (χ1) is 10.3. The van der Waals surface area contributed by atoms with Crippen LogP contribution >= 0.6 is 23.7 Å². The molecule has 6 heteroatoms. The van der Waals surface area contributed by atoms with Crippen molar-refractivity contribution in [2.45, 2.75) is 25.4 Å². The molecule has 22 heavy (non-hydrogen) atoms. The zero-order chi connectivity index (χ0) is 14.3. The van der Waals surface area contributed by atoms with E-state index in [1.54, 1.807) is 11.3 Å². The fraction of sp³-hybridized carbons (Fsp3) is 0.688. The van der Waals surface area contributed by atoms with Crippen molar-refractivity contribution >= 4 is 29.7 Å². The largest absolute Gasteiger partial charge is 0.369 e. The van der Waals surface area contributed by atoms with E-state index in [1.807, 2.05) is 0 Å². The van der Waals surface area contributed by atoms with E-state index >= 15 is 0 Å². The van der Waals surface area contributed by atoms with Crippen molar-refractivity contribution in [3.8, 4) is 0 Å². The highest BCUT2D eigenvalue weighted by Crippen LogP contribution is 2.59. The Bertz CT molecular complexity index is 516. The number of thiophene rings is 1. The molecule has 1 amide bonds. The van der Waals surface area contributed by atoms with E-state index < -0.39 is 0 Å². The van der Waals surface area contributed by atoms with Gasteiger partial charge in [0.15, 0.2) is 0 Å². The van der Waals surface area contributed by atoms with Crippen molar-refractivity contribution in [1.82, 2.24) is 10.2 Å². The summed E-state index contributed by atoms with van der Waals surface area (Å²) in [7, 11) is 0. The van der Waals surface area contributed by atoms with Crippen molar-refractivity contribution in [1.29, 1.82) is 0 Å². The zero-order valence-electron chi connectivity index (χ0n) is 12.6. The van der Waals surface area contributed by atoms with Crippen LogP contribution in [0.2, 0.25) is 0 Å². The zero-order valence-corrected chi connectivity index (χ0v) is 14.3. The van der Waals surface area contributed by atoms with Gasteiger partial charge in [-0.2, -0.15) is 0 Å². The van der Waals surface area contributed by atoms with E-state index in [1.165, 1.54) is 17.7 Å². The number of hydrogen-bond donors (Lipinski definition) is 1. The number of rotatable bonds is 2. The molecule has 2 unspecified atom stereocenters. The van der Waals surface area contributed by atoms with Crippen molar-refractivity contribution < 1.29 is 9.53 Å². The van der Waals surface area contributed by atoms with Crippen molar-refractivity contribution in [2.24, 2.45) is 11.3 Å². The SMILES string of the molecule is Cl.O=C(C1CC12CCNCC2)N1CCOC(c2cccs2)C1. The lowest BCUT2D eigenvalue weighted by atomic mass is 9.91. The molecule has 1 spiro atoms. The van der Waals surface area contributed by atoms with Crippen molar-refractivity contribution in [2.75, 3.05) is 32.8 Å². The fourth-order valence-electron chi connectivity index (χ4n) is 3.89. The van der Waals surface area contributed by atoms with E-state index in [4.69, 9.17) is 4.74 Å². The first kappa shape index (κ1) is 16.2. The fourth-order valence-corrected chi connectivity index (χ4v) is 4.66. The van der Waals surface area contributed by atoms with Gasteiger partial charge in [0.05, 0.1) is 13.2 Å². The standard InChI is InChI=1S/C16H22N2O2S.ClH/c19-15(12-10-16(12)3-5-17-6-4-16)18-7-8-20-13(11-18)14-2-1-9-21-14;/h1-2,9,12-13,17H,3-8,10-11H2;1H. The van der Waals surface area contributed by atoms with Crippen LogP contribution in [0.5, 0.6) is 0 Å². The maximum Gasteiger partial charge on any atom is 0.226 e. The molecule has 2 saturated heterocycles. The van der Waals surface area contributed by atoms with Gasteiger partial charge in [0.25, 0.3) is 0 Å². The molecule has 3 aliphatic rings. The van der Waals surface area contributed by atoms with Crippen LogP contribution in [0.3, 0.4) is 0 Å². The quantitative estimate of drug-likeness (QED) is 0.897. The lowest BCUT2D eigenvalue weighted by molar-refractivity contribution is -0.141.